The van der Waals surface area contributed by atoms with Crippen LogP contribution in [0.25, 0.3) is 0 Å². The topological polar surface area (TPSA) is 96.4 Å². The first-order valence-corrected chi connectivity index (χ1v) is 14.6. The van der Waals surface area contributed by atoms with E-state index in [1.54, 1.807) is 16.4 Å². The number of ether oxygens (including phenoxy) is 2. The molecule has 0 bridgehead atoms. The van der Waals surface area contributed by atoms with Crippen LogP contribution in [0.3, 0.4) is 0 Å². The number of fused-ring (bicyclic) bond motifs is 1. The zero-order chi connectivity index (χ0) is 26.6. The zero-order valence-corrected chi connectivity index (χ0v) is 22.7. The van der Waals surface area contributed by atoms with E-state index in [1.807, 2.05) is 36.1 Å². The summed E-state index contributed by atoms with van der Waals surface area (Å²) in [5, 5.41) is 10.3. The van der Waals surface area contributed by atoms with E-state index in [0.717, 1.165) is 30.5 Å². The lowest BCUT2D eigenvalue weighted by Gasteiger charge is -2.43. The van der Waals surface area contributed by atoms with Crippen molar-refractivity contribution in [3.8, 4) is 0 Å². The lowest BCUT2D eigenvalue weighted by molar-refractivity contribution is -0.142. The molecule has 2 aliphatic heterocycles. The van der Waals surface area contributed by atoms with Gasteiger partial charge in [-0.1, -0.05) is 50.2 Å². The third-order valence-corrected chi connectivity index (χ3v) is 9.57. The molecule has 0 aromatic heterocycles. The number of aliphatic hydroxyl groups is 1. The number of rotatable bonds is 9. The van der Waals surface area contributed by atoms with E-state index in [9.17, 15) is 18.3 Å². The molecular formula is C28H38N2O6S. The fraction of sp³-hybridized carbons (Fsp3) is 0.536. The summed E-state index contributed by atoms with van der Waals surface area (Å²) in [6, 6.07) is 13.2. The van der Waals surface area contributed by atoms with Gasteiger partial charge in [0, 0.05) is 26.1 Å². The van der Waals surface area contributed by atoms with Gasteiger partial charge in [0.15, 0.2) is 5.37 Å². The minimum absolute atomic E-state index is 0.0411. The Hall–Kier alpha value is -2.46. The van der Waals surface area contributed by atoms with Crippen LogP contribution in [0.2, 0.25) is 0 Å². The SMILES string of the molecule is CCc1ccc2c(c1)CCC(CC)N2S(=O)(=O)C1COCCN1CC(O)c1ccccc1COC(C)=O. The Balaban J connectivity index is 1.62. The molecule has 2 aromatic rings. The Kier molecular flexibility index (Phi) is 8.90. The first kappa shape index (κ1) is 27.6. The Morgan fingerprint density at radius 1 is 1.22 bits per heavy atom. The molecule has 9 heteroatoms. The molecule has 0 amide bonds. The van der Waals surface area contributed by atoms with Gasteiger partial charge in [-0.25, -0.2) is 8.42 Å². The third kappa shape index (κ3) is 6.00. The largest absolute Gasteiger partial charge is 0.461 e. The van der Waals surface area contributed by atoms with E-state index < -0.39 is 27.5 Å². The standard InChI is InChI=1S/C28H38N2O6S/c1-4-21-10-13-26-22(16-21)11-12-24(5-2)30(26)37(33,34)28-19-35-15-14-29(28)17-27(32)25-9-7-6-8-23(25)18-36-20(3)31/h6-10,13,16,24,27-28,32H,4-5,11-12,14-15,17-19H2,1-3H3. The highest BCUT2D eigenvalue weighted by molar-refractivity contribution is 7.93. The zero-order valence-electron chi connectivity index (χ0n) is 21.9. The van der Waals surface area contributed by atoms with Gasteiger partial charge >= 0.3 is 5.97 Å². The number of sulfonamides is 1. The number of anilines is 1. The monoisotopic (exact) mass is 530 g/mol. The Bertz CT molecular complexity index is 1200. The highest BCUT2D eigenvalue weighted by Gasteiger charge is 2.43. The van der Waals surface area contributed by atoms with Crippen LogP contribution in [0.15, 0.2) is 42.5 Å². The highest BCUT2D eigenvalue weighted by Crippen LogP contribution is 2.37. The summed E-state index contributed by atoms with van der Waals surface area (Å²) in [5.74, 6) is -0.401. The molecule has 3 unspecified atom stereocenters. The van der Waals surface area contributed by atoms with Crippen molar-refractivity contribution in [3.63, 3.8) is 0 Å². The lowest BCUT2D eigenvalue weighted by Crippen LogP contribution is -2.58. The first-order valence-electron chi connectivity index (χ1n) is 13.1. The van der Waals surface area contributed by atoms with Gasteiger partial charge in [0.2, 0.25) is 0 Å². The molecule has 37 heavy (non-hydrogen) atoms. The number of carbonyl (C=O) groups excluding carboxylic acids is 1. The van der Waals surface area contributed by atoms with Gasteiger partial charge in [-0.15, -0.1) is 0 Å². The summed E-state index contributed by atoms with van der Waals surface area (Å²) in [6.45, 7) is 6.46. The van der Waals surface area contributed by atoms with E-state index in [0.29, 0.717) is 30.7 Å². The average molecular weight is 531 g/mol. The van der Waals surface area contributed by atoms with Crippen LogP contribution in [0.5, 0.6) is 0 Å². The molecular weight excluding hydrogens is 492 g/mol. The second-order valence-electron chi connectivity index (χ2n) is 9.78. The maximum absolute atomic E-state index is 14.3. The van der Waals surface area contributed by atoms with E-state index in [1.165, 1.54) is 12.5 Å². The minimum atomic E-state index is -3.83. The quantitative estimate of drug-likeness (QED) is 0.495. The molecule has 1 N–H and O–H groups in total. The number of morpholine rings is 1. The van der Waals surface area contributed by atoms with Crippen molar-refractivity contribution in [1.29, 1.82) is 0 Å². The summed E-state index contributed by atoms with van der Waals surface area (Å²) in [5.41, 5.74) is 4.33. The van der Waals surface area contributed by atoms with Crippen molar-refractivity contribution in [3.05, 3.63) is 64.7 Å². The second-order valence-corrected chi connectivity index (χ2v) is 11.7. The first-order chi connectivity index (χ1) is 17.8. The van der Waals surface area contributed by atoms with Gasteiger partial charge in [0.25, 0.3) is 10.0 Å². The van der Waals surface area contributed by atoms with Gasteiger partial charge in [0.05, 0.1) is 25.0 Å². The Morgan fingerprint density at radius 3 is 2.73 bits per heavy atom. The molecule has 0 saturated carbocycles. The van der Waals surface area contributed by atoms with Crippen molar-refractivity contribution in [2.45, 2.75) is 70.6 Å². The number of aliphatic hydroxyl groups excluding tert-OH is 1. The van der Waals surface area contributed by atoms with Crippen LogP contribution < -0.4 is 4.31 Å². The average Bonchev–Trinajstić information content (AvgIpc) is 2.91. The Morgan fingerprint density at radius 2 is 2.00 bits per heavy atom. The lowest BCUT2D eigenvalue weighted by atomic mass is 9.94. The van der Waals surface area contributed by atoms with Gasteiger partial charge in [-0.2, -0.15) is 0 Å². The molecule has 1 saturated heterocycles. The van der Waals surface area contributed by atoms with Crippen LogP contribution in [-0.4, -0.2) is 62.1 Å². The molecule has 3 atom stereocenters. The molecule has 1 fully saturated rings. The molecule has 202 valence electrons. The number of carbonyl (C=O) groups is 1. The predicted molar refractivity (Wildman–Crippen MR) is 143 cm³/mol. The fourth-order valence-corrected chi connectivity index (χ4v) is 7.57. The van der Waals surface area contributed by atoms with Gasteiger partial charge < -0.3 is 14.6 Å². The van der Waals surface area contributed by atoms with Crippen molar-refractivity contribution in [1.82, 2.24) is 4.90 Å². The fourth-order valence-electron chi connectivity index (χ4n) is 5.35. The number of hydrogen-bond acceptors (Lipinski definition) is 7. The summed E-state index contributed by atoms with van der Waals surface area (Å²) in [7, 11) is -3.83. The van der Waals surface area contributed by atoms with Crippen LogP contribution in [0, 0.1) is 0 Å². The Labute approximate surface area is 220 Å². The van der Waals surface area contributed by atoms with Gasteiger partial charge in [-0.3, -0.25) is 14.0 Å². The number of aryl methyl sites for hydroxylation is 2. The van der Waals surface area contributed by atoms with Gasteiger partial charge in [0.1, 0.15) is 6.61 Å². The summed E-state index contributed by atoms with van der Waals surface area (Å²) in [4.78, 5) is 13.1. The molecule has 2 heterocycles. The third-order valence-electron chi connectivity index (χ3n) is 7.40. The maximum Gasteiger partial charge on any atom is 0.302 e. The molecule has 8 nitrogen and oxygen atoms in total. The van der Waals surface area contributed by atoms with Crippen molar-refractivity contribution >= 4 is 21.7 Å². The smallest absolute Gasteiger partial charge is 0.302 e. The number of hydrogen-bond donors (Lipinski definition) is 1. The molecule has 0 radical (unpaired) electrons. The normalized spacial score (nSPS) is 21.4. The number of nitrogens with zero attached hydrogens (tertiary/aromatic N) is 2. The van der Waals surface area contributed by atoms with Gasteiger partial charge in [-0.05, 0) is 54.0 Å². The molecule has 0 spiro atoms. The number of esters is 1. The van der Waals surface area contributed by atoms with Crippen LogP contribution in [0.4, 0.5) is 5.69 Å². The maximum atomic E-state index is 14.3. The molecule has 2 aromatic carbocycles. The van der Waals surface area contributed by atoms with E-state index in [2.05, 4.69) is 13.0 Å². The predicted octanol–water partition coefficient (Wildman–Crippen LogP) is 3.57. The summed E-state index contributed by atoms with van der Waals surface area (Å²) in [6.07, 6.45) is 2.29. The minimum Gasteiger partial charge on any atom is -0.461 e. The summed E-state index contributed by atoms with van der Waals surface area (Å²) >= 11 is 0. The van der Waals surface area contributed by atoms with E-state index in [4.69, 9.17) is 9.47 Å². The highest BCUT2D eigenvalue weighted by atomic mass is 32.2. The molecule has 4 rings (SSSR count). The van der Waals surface area contributed by atoms with Crippen LogP contribution in [0.1, 0.15) is 62.0 Å². The number of β-amino-alcohol motifs (C(OH)–C–C–N with tert-alkyl or cyclic N) is 1. The van der Waals surface area contributed by atoms with E-state index >= 15 is 0 Å². The van der Waals surface area contributed by atoms with Crippen molar-refractivity contribution in [2.24, 2.45) is 0 Å². The van der Waals surface area contributed by atoms with Crippen LogP contribution in [-0.2, 0) is 43.7 Å². The second kappa shape index (κ2) is 11.9. The number of benzene rings is 2. The summed E-state index contributed by atoms with van der Waals surface area (Å²) < 4.78 is 41.0. The van der Waals surface area contributed by atoms with Crippen LogP contribution >= 0.6 is 0 Å². The molecule has 0 aliphatic carbocycles. The molecule has 2 aliphatic rings. The van der Waals surface area contributed by atoms with Crippen molar-refractivity contribution in [2.75, 3.05) is 30.6 Å². The van der Waals surface area contributed by atoms with E-state index in [-0.39, 0.29) is 25.8 Å². The van der Waals surface area contributed by atoms with Crippen molar-refractivity contribution < 1.29 is 27.8 Å².